The average Bonchev–Trinajstić information content (AvgIpc) is 1.80. The first-order chi connectivity index (χ1) is 4.80. The van der Waals surface area contributed by atoms with E-state index in [2.05, 4.69) is 13.8 Å². The smallest absolute Gasteiger partial charge is 0.0417 e. The van der Waals surface area contributed by atoms with E-state index in [0.29, 0.717) is 0 Å². The Bertz CT molecular complexity index is 70.0. The predicted molar refractivity (Wildman–Crippen MR) is 46.0 cm³/mol. The zero-order chi connectivity index (χ0) is 7.40. The van der Waals surface area contributed by atoms with E-state index < -0.39 is 0 Å². The molecule has 2 aliphatic carbocycles. The summed E-state index contributed by atoms with van der Waals surface area (Å²) in [5.41, 5.74) is 0. The van der Waals surface area contributed by atoms with E-state index in [1.54, 1.807) is 0 Å². The summed E-state index contributed by atoms with van der Waals surface area (Å²) in [6.07, 6.45) is 8.95. The molecule has 2 saturated carbocycles. The van der Waals surface area contributed by atoms with Crippen LogP contribution in [-0.4, -0.2) is 0 Å². The summed E-state index contributed by atoms with van der Waals surface area (Å²) < 4.78 is 0. The summed E-state index contributed by atoms with van der Waals surface area (Å²) in [6, 6.07) is 0. The fraction of sp³-hybridized carbons (Fsp3) is 1.00. The normalized spacial score (nSPS) is 36.6. The lowest BCUT2D eigenvalue weighted by Gasteiger charge is -2.29. The van der Waals surface area contributed by atoms with Crippen LogP contribution >= 0.6 is 0 Å². The summed E-state index contributed by atoms with van der Waals surface area (Å²) in [6.45, 7) is 4.66. The molecule has 2 fully saturated rings. The predicted octanol–water partition coefficient (Wildman–Crippen LogP) is 3.61. The maximum Gasteiger partial charge on any atom is -0.0417 e. The van der Waals surface area contributed by atoms with Crippen molar-refractivity contribution in [3.8, 4) is 0 Å². The van der Waals surface area contributed by atoms with E-state index >= 15 is 0 Å². The van der Waals surface area contributed by atoms with Gasteiger partial charge in [-0.1, -0.05) is 52.4 Å². The van der Waals surface area contributed by atoms with Crippen molar-refractivity contribution in [1.82, 2.24) is 0 Å². The zero-order valence-corrected chi connectivity index (χ0v) is 7.40. The molecule has 0 aromatic heterocycles. The van der Waals surface area contributed by atoms with Crippen molar-refractivity contribution in [3.63, 3.8) is 0 Å². The Balaban J connectivity index is 0.000000108. The van der Waals surface area contributed by atoms with Crippen LogP contribution in [0.25, 0.3) is 0 Å². The molecule has 0 saturated heterocycles. The number of rotatable bonds is 0. The van der Waals surface area contributed by atoms with Crippen LogP contribution in [0.5, 0.6) is 0 Å². The van der Waals surface area contributed by atoms with Crippen molar-refractivity contribution in [3.05, 3.63) is 0 Å². The SMILES string of the molecule is C1CCC1.CC1CCC1C. The largest absolute Gasteiger partial charge is 0.0623 e. The molecule has 2 unspecified atom stereocenters. The fourth-order valence-corrected chi connectivity index (χ4v) is 1.08. The molecular weight excluding hydrogens is 120 g/mol. The quantitative estimate of drug-likeness (QED) is 0.482. The van der Waals surface area contributed by atoms with Crippen LogP contribution < -0.4 is 0 Å². The first-order valence-corrected chi connectivity index (χ1v) is 4.80. The van der Waals surface area contributed by atoms with E-state index in [1.807, 2.05) is 0 Å². The number of hydrogen-bond donors (Lipinski definition) is 0. The minimum atomic E-state index is 1.03. The first kappa shape index (κ1) is 8.10. The second kappa shape index (κ2) is 4.00. The van der Waals surface area contributed by atoms with Crippen LogP contribution in [0.4, 0.5) is 0 Å². The highest BCUT2D eigenvalue weighted by Gasteiger charge is 2.20. The molecule has 0 aromatic carbocycles. The summed E-state index contributed by atoms with van der Waals surface area (Å²) in [5.74, 6) is 2.06. The highest BCUT2D eigenvalue weighted by atomic mass is 14.3. The van der Waals surface area contributed by atoms with E-state index in [-0.39, 0.29) is 0 Å². The molecule has 0 N–H and O–H groups in total. The molecule has 0 aliphatic heterocycles. The molecule has 2 atom stereocenters. The molecule has 0 amide bonds. The van der Waals surface area contributed by atoms with E-state index in [0.717, 1.165) is 11.8 Å². The van der Waals surface area contributed by atoms with Gasteiger partial charge in [0.1, 0.15) is 0 Å². The van der Waals surface area contributed by atoms with Crippen LogP contribution in [0.15, 0.2) is 0 Å². The maximum atomic E-state index is 2.33. The Hall–Kier alpha value is 0. The Morgan fingerprint density at radius 3 is 1.00 bits per heavy atom. The Morgan fingerprint density at radius 1 is 0.700 bits per heavy atom. The maximum absolute atomic E-state index is 2.33. The summed E-state index contributed by atoms with van der Waals surface area (Å²) in [5, 5.41) is 0. The highest BCUT2D eigenvalue weighted by Crippen LogP contribution is 2.32. The molecule has 0 bridgehead atoms. The van der Waals surface area contributed by atoms with Crippen molar-refractivity contribution < 1.29 is 0 Å². The summed E-state index contributed by atoms with van der Waals surface area (Å²) in [4.78, 5) is 0. The molecule has 0 heteroatoms. The molecule has 0 heterocycles. The molecule has 0 aromatic rings. The third kappa shape index (κ3) is 2.32. The Morgan fingerprint density at radius 2 is 1.00 bits per heavy atom. The Labute approximate surface area is 65.0 Å². The van der Waals surface area contributed by atoms with Gasteiger partial charge in [0.25, 0.3) is 0 Å². The molecule has 60 valence electrons. The molecule has 2 aliphatic rings. The first-order valence-electron chi connectivity index (χ1n) is 4.80. The van der Waals surface area contributed by atoms with Gasteiger partial charge < -0.3 is 0 Å². The molecule has 0 nitrogen and oxygen atoms in total. The van der Waals surface area contributed by atoms with Gasteiger partial charge in [0.15, 0.2) is 0 Å². The molecular formula is C10H20. The van der Waals surface area contributed by atoms with E-state index in [1.165, 1.54) is 38.5 Å². The van der Waals surface area contributed by atoms with Crippen molar-refractivity contribution >= 4 is 0 Å². The minimum absolute atomic E-state index is 1.03. The lowest BCUT2D eigenvalue weighted by Crippen LogP contribution is -2.18. The van der Waals surface area contributed by atoms with E-state index in [4.69, 9.17) is 0 Å². The van der Waals surface area contributed by atoms with Crippen LogP contribution in [0, 0.1) is 11.8 Å². The Kier molecular flexibility index (Phi) is 3.24. The minimum Gasteiger partial charge on any atom is -0.0623 e. The standard InChI is InChI=1S/C6H12.C4H8/c1-5-3-4-6(5)2;1-2-4-3-1/h5-6H,3-4H2,1-2H3;1-4H2. The fourth-order valence-electron chi connectivity index (χ4n) is 1.08. The molecule has 10 heavy (non-hydrogen) atoms. The molecule has 0 radical (unpaired) electrons. The lowest BCUT2D eigenvalue weighted by molar-refractivity contribution is 0.219. The molecule has 2 rings (SSSR count). The van der Waals surface area contributed by atoms with E-state index in [9.17, 15) is 0 Å². The van der Waals surface area contributed by atoms with Gasteiger partial charge in [-0.05, 0) is 11.8 Å². The third-order valence-electron chi connectivity index (χ3n) is 3.05. The second-order valence-electron chi connectivity index (χ2n) is 3.95. The third-order valence-corrected chi connectivity index (χ3v) is 3.05. The van der Waals surface area contributed by atoms with Crippen molar-refractivity contribution in [2.24, 2.45) is 11.8 Å². The van der Waals surface area contributed by atoms with Crippen molar-refractivity contribution in [2.75, 3.05) is 0 Å². The van der Waals surface area contributed by atoms with Gasteiger partial charge in [-0.3, -0.25) is 0 Å². The van der Waals surface area contributed by atoms with Gasteiger partial charge in [0.2, 0.25) is 0 Å². The van der Waals surface area contributed by atoms with Crippen LogP contribution in [0.2, 0.25) is 0 Å². The summed E-state index contributed by atoms with van der Waals surface area (Å²) >= 11 is 0. The zero-order valence-electron chi connectivity index (χ0n) is 7.40. The van der Waals surface area contributed by atoms with Crippen LogP contribution in [0.3, 0.4) is 0 Å². The summed E-state index contributed by atoms with van der Waals surface area (Å²) in [7, 11) is 0. The van der Waals surface area contributed by atoms with Gasteiger partial charge in [-0.25, -0.2) is 0 Å². The van der Waals surface area contributed by atoms with Gasteiger partial charge in [-0.15, -0.1) is 0 Å². The van der Waals surface area contributed by atoms with Gasteiger partial charge >= 0.3 is 0 Å². The van der Waals surface area contributed by atoms with Crippen LogP contribution in [-0.2, 0) is 0 Å². The number of hydrogen-bond acceptors (Lipinski definition) is 0. The van der Waals surface area contributed by atoms with Crippen molar-refractivity contribution in [1.29, 1.82) is 0 Å². The topological polar surface area (TPSA) is 0 Å². The van der Waals surface area contributed by atoms with Gasteiger partial charge in [-0.2, -0.15) is 0 Å². The van der Waals surface area contributed by atoms with Gasteiger partial charge in [0.05, 0.1) is 0 Å². The van der Waals surface area contributed by atoms with Crippen LogP contribution in [0.1, 0.15) is 52.4 Å². The van der Waals surface area contributed by atoms with Crippen molar-refractivity contribution in [2.45, 2.75) is 52.4 Å². The lowest BCUT2D eigenvalue weighted by atomic mass is 9.77. The monoisotopic (exact) mass is 140 g/mol. The van der Waals surface area contributed by atoms with Gasteiger partial charge in [0, 0.05) is 0 Å². The second-order valence-corrected chi connectivity index (χ2v) is 3.95. The average molecular weight is 140 g/mol. The highest BCUT2D eigenvalue weighted by molar-refractivity contribution is 4.71. The molecule has 0 spiro atoms.